The molecule has 0 saturated heterocycles. The molecule has 132 valence electrons. The van der Waals surface area contributed by atoms with Gasteiger partial charge < -0.3 is 9.73 Å². The number of carbonyl (C=O) groups excluding carboxylic acids is 1. The summed E-state index contributed by atoms with van der Waals surface area (Å²) in [6.07, 6.45) is 7.86. The molecule has 0 aromatic carbocycles. The fraction of sp³-hybridized carbons (Fsp3) is 0.833. The van der Waals surface area contributed by atoms with Gasteiger partial charge in [-0.3, -0.25) is 4.79 Å². The van der Waals surface area contributed by atoms with E-state index >= 15 is 0 Å². The van der Waals surface area contributed by atoms with Gasteiger partial charge in [0.15, 0.2) is 0 Å². The molecule has 0 aliphatic heterocycles. The Balaban J connectivity index is 1.46. The SMILES string of the molecule is CC(C)NC(=O)[C@H](C)Sc1nnc(C23CC4CC(CC(C4)C2)C3)o1. The zero-order valence-electron chi connectivity index (χ0n) is 14.7. The molecule has 1 aromatic rings. The van der Waals surface area contributed by atoms with Gasteiger partial charge in [0.05, 0.1) is 5.25 Å². The van der Waals surface area contributed by atoms with Crippen molar-refractivity contribution in [1.82, 2.24) is 15.5 Å². The molecule has 0 unspecified atom stereocenters. The first-order valence-corrected chi connectivity index (χ1v) is 10.1. The van der Waals surface area contributed by atoms with E-state index in [0.29, 0.717) is 5.22 Å². The molecular formula is C18H27N3O2S. The smallest absolute Gasteiger partial charge is 0.277 e. The lowest BCUT2D eigenvalue weighted by atomic mass is 9.49. The van der Waals surface area contributed by atoms with Crippen molar-refractivity contribution in [3.8, 4) is 0 Å². The molecule has 4 saturated carbocycles. The van der Waals surface area contributed by atoms with Crippen molar-refractivity contribution in [2.45, 2.75) is 81.2 Å². The summed E-state index contributed by atoms with van der Waals surface area (Å²) in [7, 11) is 0. The second-order valence-corrected chi connectivity index (χ2v) is 9.79. The van der Waals surface area contributed by atoms with Crippen molar-refractivity contribution in [3.05, 3.63) is 5.89 Å². The van der Waals surface area contributed by atoms with Crippen LogP contribution in [0.4, 0.5) is 0 Å². The summed E-state index contributed by atoms with van der Waals surface area (Å²) < 4.78 is 6.06. The average molecular weight is 350 g/mol. The van der Waals surface area contributed by atoms with Crippen LogP contribution in [0, 0.1) is 17.8 Å². The number of rotatable bonds is 5. The van der Waals surface area contributed by atoms with Crippen molar-refractivity contribution in [2.75, 3.05) is 0 Å². The van der Waals surface area contributed by atoms with E-state index in [0.717, 1.165) is 23.6 Å². The van der Waals surface area contributed by atoms with Gasteiger partial charge in [0, 0.05) is 11.5 Å². The van der Waals surface area contributed by atoms with Gasteiger partial charge in [-0.25, -0.2) is 0 Å². The quantitative estimate of drug-likeness (QED) is 0.824. The Kier molecular flexibility index (Phi) is 4.14. The summed E-state index contributed by atoms with van der Waals surface area (Å²) in [6, 6.07) is 0.144. The van der Waals surface area contributed by atoms with Crippen LogP contribution in [0.5, 0.6) is 0 Å². The summed E-state index contributed by atoms with van der Waals surface area (Å²) >= 11 is 1.37. The normalized spacial score (nSPS) is 35.4. The lowest BCUT2D eigenvalue weighted by Gasteiger charge is -2.55. The standard InChI is InChI=1S/C18H27N3O2S/c1-10(2)19-15(22)11(3)24-17-21-20-16(23-17)18-7-12-4-13(8-18)6-14(5-12)9-18/h10-14H,4-9H2,1-3H3,(H,19,22)/t11-,12?,13?,14?,18?/m0/s1. The number of aromatic nitrogens is 2. The number of carbonyl (C=O) groups is 1. The Hall–Kier alpha value is -1.04. The minimum Gasteiger partial charge on any atom is -0.415 e. The minimum absolute atomic E-state index is 0.0181. The molecule has 0 radical (unpaired) electrons. The highest BCUT2D eigenvalue weighted by Crippen LogP contribution is 2.60. The van der Waals surface area contributed by atoms with Crippen molar-refractivity contribution in [2.24, 2.45) is 17.8 Å². The zero-order valence-corrected chi connectivity index (χ0v) is 15.6. The minimum atomic E-state index is -0.225. The first kappa shape index (κ1) is 16.4. The molecule has 1 N–H and O–H groups in total. The predicted octanol–water partition coefficient (Wildman–Crippen LogP) is 3.54. The van der Waals surface area contributed by atoms with Crippen LogP contribution in [0.3, 0.4) is 0 Å². The molecule has 4 bridgehead atoms. The second-order valence-electron chi connectivity index (χ2n) is 8.49. The average Bonchev–Trinajstić information content (AvgIpc) is 2.94. The largest absolute Gasteiger partial charge is 0.415 e. The maximum Gasteiger partial charge on any atom is 0.277 e. The lowest BCUT2D eigenvalue weighted by molar-refractivity contribution is -0.120. The topological polar surface area (TPSA) is 68.0 Å². The number of hydrogen-bond acceptors (Lipinski definition) is 5. The molecule has 1 amide bonds. The van der Waals surface area contributed by atoms with E-state index in [1.165, 1.54) is 50.3 Å². The van der Waals surface area contributed by atoms with Crippen molar-refractivity contribution >= 4 is 17.7 Å². The van der Waals surface area contributed by atoms with E-state index in [9.17, 15) is 4.79 Å². The molecule has 1 atom stereocenters. The van der Waals surface area contributed by atoms with Crippen molar-refractivity contribution < 1.29 is 9.21 Å². The summed E-state index contributed by atoms with van der Waals surface area (Å²) in [5.74, 6) is 3.42. The third-order valence-electron chi connectivity index (χ3n) is 5.98. The van der Waals surface area contributed by atoms with E-state index in [4.69, 9.17) is 4.42 Å². The van der Waals surface area contributed by atoms with E-state index in [1.54, 1.807) is 0 Å². The first-order chi connectivity index (χ1) is 11.4. The summed E-state index contributed by atoms with van der Waals surface area (Å²) in [4.78, 5) is 12.1. The van der Waals surface area contributed by atoms with E-state index in [1.807, 2.05) is 20.8 Å². The summed E-state index contributed by atoms with van der Waals surface area (Å²) in [6.45, 7) is 5.82. The fourth-order valence-corrected chi connectivity index (χ4v) is 6.14. The van der Waals surface area contributed by atoms with Crippen LogP contribution >= 0.6 is 11.8 Å². The third kappa shape index (κ3) is 2.98. The number of amides is 1. The monoisotopic (exact) mass is 349 g/mol. The van der Waals surface area contributed by atoms with E-state index in [2.05, 4.69) is 15.5 Å². The fourth-order valence-electron chi connectivity index (χ4n) is 5.45. The second kappa shape index (κ2) is 6.04. The lowest BCUT2D eigenvalue weighted by Crippen LogP contribution is -2.48. The van der Waals surface area contributed by atoms with Crippen LogP contribution in [0.15, 0.2) is 9.64 Å². The molecule has 5 rings (SSSR count). The molecule has 4 aliphatic carbocycles. The highest BCUT2D eigenvalue weighted by atomic mass is 32.2. The number of hydrogen-bond donors (Lipinski definition) is 1. The maximum absolute atomic E-state index is 12.1. The van der Waals surface area contributed by atoms with Gasteiger partial charge >= 0.3 is 0 Å². The van der Waals surface area contributed by atoms with Crippen LogP contribution in [0.25, 0.3) is 0 Å². The van der Waals surface area contributed by atoms with Gasteiger partial charge in [0.2, 0.25) is 11.8 Å². The van der Waals surface area contributed by atoms with Gasteiger partial charge in [-0.2, -0.15) is 0 Å². The van der Waals surface area contributed by atoms with Crippen LogP contribution in [0.1, 0.15) is 65.2 Å². The number of nitrogens with zero attached hydrogens (tertiary/aromatic N) is 2. The first-order valence-electron chi connectivity index (χ1n) is 9.24. The molecule has 24 heavy (non-hydrogen) atoms. The van der Waals surface area contributed by atoms with Gasteiger partial charge in [-0.05, 0) is 77.0 Å². The third-order valence-corrected chi connectivity index (χ3v) is 6.91. The summed E-state index contributed by atoms with van der Waals surface area (Å²) in [5, 5.41) is 11.9. The van der Waals surface area contributed by atoms with E-state index in [-0.39, 0.29) is 22.6 Å². The number of thioether (sulfide) groups is 1. The van der Waals surface area contributed by atoms with Crippen molar-refractivity contribution in [1.29, 1.82) is 0 Å². The van der Waals surface area contributed by atoms with Crippen LogP contribution in [0.2, 0.25) is 0 Å². The van der Waals surface area contributed by atoms with Crippen molar-refractivity contribution in [3.63, 3.8) is 0 Å². The van der Waals surface area contributed by atoms with Crippen LogP contribution in [-0.2, 0) is 10.2 Å². The van der Waals surface area contributed by atoms with Gasteiger partial charge in [0.1, 0.15) is 0 Å². The molecule has 4 aliphatic rings. The Bertz CT molecular complexity index is 592. The Labute approximate surface area is 147 Å². The summed E-state index contributed by atoms with van der Waals surface area (Å²) in [5.41, 5.74) is 0.129. The van der Waals surface area contributed by atoms with Gasteiger partial charge in [-0.1, -0.05) is 11.8 Å². The Morgan fingerprint density at radius 2 is 1.71 bits per heavy atom. The van der Waals surface area contributed by atoms with Gasteiger partial charge in [0.25, 0.3) is 5.22 Å². The Morgan fingerprint density at radius 1 is 1.12 bits per heavy atom. The predicted molar refractivity (Wildman–Crippen MR) is 92.7 cm³/mol. The highest BCUT2D eigenvalue weighted by Gasteiger charge is 2.54. The maximum atomic E-state index is 12.1. The molecule has 6 heteroatoms. The van der Waals surface area contributed by atoms with Crippen LogP contribution < -0.4 is 5.32 Å². The van der Waals surface area contributed by atoms with E-state index < -0.39 is 0 Å². The number of nitrogens with one attached hydrogen (secondary N) is 1. The molecule has 5 nitrogen and oxygen atoms in total. The van der Waals surface area contributed by atoms with Gasteiger partial charge in [-0.15, -0.1) is 10.2 Å². The van der Waals surface area contributed by atoms with Crippen LogP contribution in [-0.4, -0.2) is 27.4 Å². The molecule has 4 fully saturated rings. The molecule has 1 aromatic heterocycles. The Morgan fingerprint density at radius 3 is 2.25 bits per heavy atom. The zero-order chi connectivity index (χ0) is 16.9. The molecule has 0 spiro atoms. The molecular weight excluding hydrogens is 322 g/mol. The highest BCUT2D eigenvalue weighted by molar-refractivity contribution is 8.00. The molecule has 1 heterocycles.